The summed E-state index contributed by atoms with van der Waals surface area (Å²) in [4.78, 5) is 0. The number of aryl methyl sites for hydroxylation is 2. The highest BCUT2D eigenvalue weighted by Gasteiger charge is 2.17. The van der Waals surface area contributed by atoms with Crippen molar-refractivity contribution in [2.75, 3.05) is 12.4 Å². The average molecular weight is 257 g/mol. The standard InChI is InChI=1S/C15H19N3O/c1-10-4-5-11-8-12(6-7-13(11)17-10)15-14(19-3)9-16-18(15)2/h6-10,17H,4-5H2,1-3H3. The van der Waals surface area contributed by atoms with Gasteiger partial charge in [0, 0.05) is 24.3 Å². The van der Waals surface area contributed by atoms with Crippen LogP contribution in [0.1, 0.15) is 18.9 Å². The van der Waals surface area contributed by atoms with Crippen LogP contribution in [-0.4, -0.2) is 22.9 Å². The van der Waals surface area contributed by atoms with Gasteiger partial charge < -0.3 is 10.1 Å². The van der Waals surface area contributed by atoms with E-state index >= 15 is 0 Å². The number of benzene rings is 1. The first-order chi connectivity index (χ1) is 9.19. The third kappa shape index (κ3) is 2.07. The molecule has 0 bridgehead atoms. The van der Waals surface area contributed by atoms with Crippen molar-refractivity contribution in [1.82, 2.24) is 9.78 Å². The van der Waals surface area contributed by atoms with E-state index in [4.69, 9.17) is 4.74 Å². The molecule has 2 heterocycles. The Hall–Kier alpha value is -1.97. The molecular weight excluding hydrogens is 238 g/mol. The van der Waals surface area contributed by atoms with Gasteiger partial charge in [-0.25, -0.2) is 0 Å². The fourth-order valence-corrected chi connectivity index (χ4v) is 2.69. The van der Waals surface area contributed by atoms with Crippen molar-refractivity contribution < 1.29 is 4.74 Å². The molecule has 4 nitrogen and oxygen atoms in total. The largest absolute Gasteiger partial charge is 0.493 e. The first-order valence-corrected chi connectivity index (χ1v) is 6.65. The number of fused-ring (bicyclic) bond motifs is 1. The summed E-state index contributed by atoms with van der Waals surface area (Å²) in [6.07, 6.45) is 4.06. The summed E-state index contributed by atoms with van der Waals surface area (Å²) in [5, 5.41) is 7.79. The second-order valence-electron chi connectivity index (χ2n) is 5.14. The molecule has 0 radical (unpaired) electrons. The molecule has 0 aliphatic carbocycles. The second kappa shape index (κ2) is 4.61. The van der Waals surface area contributed by atoms with Gasteiger partial charge in [0.05, 0.1) is 13.3 Å². The number of hydrogen-bond donors (Lipinski definition) is 1. The molecule has 3 rings (SSSR count). The van der Waals surface area contributed by atoms with Crippen LogP contribution < -0.4 is 10.1 Å². The zero-order valence-electron chi connectivity index (χ0n) is 11.6. The number of nitrogens with one attached hydrogen (secondary N) is 1. The zero-order chi connectivity index (χ0) is 13.4. The van der Waals surface area contributed by atoms with Crippen molar-refractivity contribution in [3.8, 4) is 17.0 Å². The van der Waals surface area contributed by atoms with Gasteiger partial charge in [-0.2, -0.15) is 5.10 Å². The number of methoxy groups -OCH3 is 1. The number of rotatable bonds is 2. The van der Waals surface area contributed by atoms with Crippen LogP contribution in [0.4, 0.5) is 5.69 Å². The zero-order valence-corrected chi connectivity index (χ0v) is 11.6. The van der Waals surface area contributed by atoms with Gasteiger partial charge in [0.1, 0.15) is 5.69 Å². The third-order valence-electron chi connectivity index (χ3n) is 3.75. The van der Waals surface area contributed by atoms with E-state index in [1.807, 2.05) is 11.7 Å². The van der Waals surface area contributed by atoms with E-state index in [0.717, 1.165) is 23.4 Å². The molecule has 2 aromatic rings. The lowest BCUT2D eigenvalue weighted by Crippen LogP contribution is -2.21. The molecule has 0 saturated carbocycles. The Morgan fingerprint density at radius 2 is 2.26 bits per heavy atom. The maximum atomic E-state index is 5.38. The van der Waals surface area contributed by atoms with E-state index in [1.54, 1.807) is 13.3 Å². The molecule has 1 aliphatic rings. The van der Waals surface area contributed by atoms with Crippen molar-refractivity contribution >= 4 is 5.69 Å². The van der Waals surface area contributed by atoms with Gasteiger partial charge in [0.15, 0.2) is 5.75 Å². The average Bonchev–Trinajstić information content (AvgIpc) is 2.79. The van der Waals surface area contributed by atoms with Crippen LogP contribution in [-0.2, 0) is 13.5 Å². The number of anilines is 1. The van der Waals surface area contributed by atoms with Crippen LogP contribution in [0.25, 0.3) is 11.3 Å². The third-order valence-corrected chi connectivity index (χ3v) is 3.75. The lowest BCUT2D eigenvalue weighted by Gasteiger charge is -2.24. The maximum absolute atomic E-state index is 5.38. The van der Waals surface area contributed by atoms with Gasteiger partial charge in [-0.3, -0.25) is 4.68 Å². The van der Waals surface area contributed by atoms with Crippen LogP contribution in [0.3, 0.4) is 0 Å². The smallest absolute Gasteiger partial charge is 0.164 e. The van der Waals surface area contributed by atoms with Crippen molar-refractivity contribution in [2.24, 2.45) is 7.05 Å². The maximum Gasteiger partial charge on any atom is 0.164 e. The Labute approximate surface area is 113 Å². The Kier molecular flexibility index (Phi) is 2.93. The van der Waals surface area contributed by atoms with Gasteiger partial charge in [-0.15, -0.1) is 0 Å². The summed E-state index contributed by atoms with van der Waals surface area (Å²) in [5.74, 6) is 0.819. The molecule has 1 aliphatic heterocycles. The number of ether oxygens (including phenoxy) is 1. The molecule has 4 heteroatoms. The number of nitrogens with zero attached hydrogens (tertiary/aromatic N) is 2. The molecule has 100 valence electrons. The highest BCUT2D eigenvalue weighted by molar-refractivity contribution is 5.71. The molecular formula is C15H19N3O. The van der Waals surface area contributed by atoms with Crippen LogP contribution in [0, 0.1) is 0 Å². The van der Waals surface area contributed by atoms with Gasteiger partial charge in [-0.1, -0.05) is 6.07 Å². The van der Waals surface area contributed by atoms with E-state index < -0.39 is 0 Å². The Morgan fingerprint density at radius 3 is 3.05 bits per heavy atom. The minimum Gasteiger partial charge on any atom is -0.493 e. The summed E-state index contributed by atoms with van der Waals surface area (Å²) in [5.41, 5.74) is 4.82. The lowest BCUT2D eigenvalue weighted by atomic mass is 9.96. The Balaban J connectivity index is 2.05. The molecule has 1 atom stereocenters. The van der Waals surface area contributed by atoms with Crippen LogP contribution >= 0.6 is 0 Å². The molecule has 1 unspecified atom stereocenters. The van der Waals surface area contributed by atoms with Crippen molar-refractivity contribution in [1.29, 1.82) is 0 Å². The predicted molar refractivity (Wildman–Crippen MR) is 76.6 cm³/mol. The molecule has 19 heavy (non-hydrogen) atoms. The second-order valence-corrected chi connectivity index (χ2v) is 5.14. The molecule has 0 fully saturated rings. The van der Waals surface area contributed by atoms with Crippen LogP contribution in [0.5, 0.6) is 5.75 Å². The van der Waals surface area contributed by atoms with Gasteiger partial charge in [0.25, 0.3) is 0 Å². The van der Waals surface area contributed by atoms with E-state index in [9.17, 15) is 0 Å². The summed E-state index contributed by atoms with van der Waals surface area (Å²) in [7, 11) is 3.62. The normalized spacial score (nSPS) is 17.7. The highest BCUT2D eigenvalue weighted by atomic mass is 16.5. The van der Waals surface area contributed by atoms with E-state index in [2.05, 4.69) is 35.5 Å². The summed E-state index contributed by atoms with van der Waals surface area (Å²) < 4.78 is 7.24. The fraction of sp³-hybridized carbons (Fsp3) is 0.400. The van der Waals surface area contributed by atoms with Crippen molar-refractivity contribution in [3.63, 3.8) is 0 Å². The van der Waals surface area contributed by atoms with E-state index in [0.29, 0.717) is 6.04 Å². The minimum atomic E-state index is 0.560. The Bertz CT molecular complexity index is 603. The van der Waals surface area contributed by atoms with Crippen molar-refractivity contribution in [2.45, 2.75) is 25.8 Å². The minimum absolute atomic E-state index is 0.560. The van der Waals surface area contributed by atoms with Gasteiger partial charge in [0.2, 0.25) is 0 Å². The molecule has 0 saturated heterocycles. The molecule has 1 aromatic carbocycles. The Morgan fingerprint density at radius 1 is 1.42 bits per heavy atom. The molecule has 1 N–H and O–H groups in total. The monoisotopic (exact) mass is 257 g/mol. The number of hydrogen-bond acceptors (Lipinski definition) is 3. The van der Waals surface area contributed by atoms with E-state index in [1.165, 1.54) is 17.7 Å². The van der Waals surface area contributed by atoms with Crippen molar-refractivity contribution in [3.05, 3.63) is 30.0 Å². The fourth-order valence-electron chi connectivity index (χ4n) is 2.69. The molecule has 0 spiro atoms. The number of aromatic nitrogens is 2. The van der Waals surface area contributed by atoms with Gasteiger partial charge >= 0.3 is 0 Å². The quantitative estimate of drug-likeness (QED) is 0.899. The predicted octanol–water partition coefficient (Wildman–Crippen LogP) is 2.84. The SMILES string of the molecule is COc1cnn(C)c1-c1ccc2c(c1)CCC(C)N2. The highest BCUT2D eigenvalue weighted by Crippen LogP contribution is 2.33. The summed E-state index contributed by atoms with van der Waals surface area (Å²) in [6.45, 7) is 2.22. The topological polar surface area (TPSA) is 39.1 Å². The van der Waals surface area contributed by atoms with E-state index in [-0.39, 0.29) is 0 Å². The first-order valence-electron chi connectivity index (χ1n) is 6.65. The molecule has 0 amide bonds. The molecule has 1 aromatic heterocycles. The van der Waals surface area contributed by atoms with Gasteiger partial charge in [-0.05, 0) is 37.5 Å². The van der Waals surface area contributed by atoms with Crippen LogP contribution in [0.15, 0.2) is 24.4 Å². The summed E-state index contributed by atoms with van der Waals surface area (Å²) >= 11 is 0. The first kappa shape index (κ1) is 12.1. The van der Waals surface area contributed by atoms with Crippen LogP contribution in [0.2, 0.25) is 0 Å². The summed E-state index contributed by atoms with van der Waals surface area (Å²) in [6, 6.07) is 7.09. The lowest BCUT2D eigenvalue weighted by molar-refractivity contribution is 0.416.